The van der Waals surface area contributed by atoms with Crippen LogP contribution in [0.15, 0.2) is 87.4 Å². The molecule has 0 unspecified atom stereocenters. The fourth-order valence-corrected chi connectivity index (χ4v) is 5.95. The highest BCUT2D eigenvalue weighted by molar-refractivity contribution is 6.31. The van der Waals surface area contributed by atoms with Gasteiger partial charge in [-0.2, -0.15) is 42.0 Å². The standard InChI is InChI=1S/C20H12ClF5N4O3.C19H10ClF5N4O3/c1-32-18-11(6-15(17(22)23)28-29-18)9-30-3-2-14(20(24,25)26)16(19(30)31)33-13-5-10(8-27)4-12(21)7-13;20-11-3-9(7-26)4-12(6-11)32-15-13(19(23,24)25)1-2-29(18(15)31)8-10-5-14(16(21)22)27-28-17(10)30/h2-7,17H,9H2,1H3;1-6,16H,8H2,(H,28,30). The van der Waals surface area contributed by atoms with Crippen LogP contribution in [0.3, 0.4) is 0 Å². The van der Waals surface area contributed by atoms with Crippen LogP contribution in [0.25, 0.3) is 0 Å². The second-order valence-corrected chi connectivity index (χ2v) is 13.7. The maximum Gasteiger partial charge on any atom is 0.420 e. The average Bonchev–Trinajstić information content (AvgIpc) is 3.23. The number of nitrogens with zero attached hydrogens (tertiary/aromatic N) is 7. The van der Waals surface area contributed by atoms with Crippen LogP contribution in [0.2, 0.25) is 10.0 Å². The van der Waals surface area contributed by atoms with E-state index in [-0.39, 0.29) is 49.7 Å². The van der Waals surface area contributed by atoms with Gasteiger partial charge in [-0.25, -0.2) is 22.7 Å². The molecule has 14 nitrogen and oxygen atoms in total. The number of hydrogen-bond donors (Lipinski definition) is 1. The topological polar surface area (TPSA) is 191 Å². The zero-order valence-electron chi connectivity index (χ0n) is 32.1. The number of pyridine rings is 2. The molecular weight excluding hydrogens is 937 g/mol. The molecule has 4 aromatic heterocycles. The predicted octanol–water partition coefficient (Wildman–Crippen LogP) is 9.22. The molecule has 6 rings (SSSR count). The van der Waals surface area contributed by atoms with E-state index < -0.39 is 89.0 Å². The van der Waals surface area contributed by atoms with Crippen LogP contribution in [0, 0.1) is 22.7 Å². The molecule has 6 aromatic rings. The first-order valence-electron chi connectivity index (χ1n) is 17.5. The van der Waals surface area contributed by atoms with Crippen molar-refractivity contribution in [3.05, 3.63) is 159 Å². The van der Waals surface area contributed by atoms with Crippen LogP contribution in [-0.4, -0.2) is 36.6 Å². The lowest BCUT2D eigenvalue weighted by molar-refractivity contribution is -0.139. The number of aromatic nitrogens is 6. The highest BCUT2D eigenvalue weighted by Crippen LogP contribution is 2.38. The van der Waals surface area contributed by atoms with Gasteiger partial charge in [-0.3, -0.25) is 14.4 Å². The number of methoxy groups -OCH3 is 1. The number of aromatic amines is 1. The minimum Gasteiger partial charge on any atom is -0.480 e. The fourth-order valence-electron chi connectivity index (χ4n) is 5.50. The van der Waals surface area contributed by atoms with E-state index in [4.69, 9.17) is 47.9 Å². The van der Waals surface area contributed by atoms with Gasteiger partial charge in [0.2, 0.25) is 17.4 Å². The van der Waals surface area contributed by atoms with Crippen molar-refractivity contribution in [2.45, 2.75) is 38.3 Å². The minimum absolute atomic E-state index is 0.000917. The van der Waals surface area contributed by atoms with Gasteiger partial charge in [0.15, 0.2) is 0 Å². The number of H-pyrrole nitrogens is 1. The van der Waals surface area contributed by atoms with E-state index in [2.05, 4.69) is 15.3 Å². The summed E-state index contributed by atoms with van der Waals surface area (Å²) in [5.74, 6) is -3.02. The molecule has 0 bridgehead atoms. The van der Waals surface area contributed by atoms with Gasteiger partial charge in [-0.05, 0) is 60.7 Å². The van der Waals surface area contributed by atoms with Crippen molar-refractivity contribution < 1.29 is 58.1 Å². The molecule has 0 saturated carbocycles. The molecule has 0 saturated heterocycles. The van der Waals surface area contributed by atoms with Crippen molar-refractivity contribution in [1.82, 2.24) is 29.5 Å². The second-order valence-electron chi connectivity index (χ2n) is 12.8. The van der Waals surface area contributed by atoms with E-state index in [1.165, 1.54) is 19.2 Å². The van der Waals surface area contributed by atoms with Crippen LogP contribution >= 0.6 is 23.2 Å². The summed E-state index contributed by atoms with van der Waals surface area (Å²) in [6.45, 7) is -1.10. The molecule has 0 spiro atoms. The molecule has 0 atom stereocenters. The molecule has 26 heteroatoms. The number of hydrogen-bond acceptors (Lipinski definition) is 11. The third-order valence-electron chi connectivity index (χ3n) is 8.37. The SMILES string of the molecule is COc1nnc(C(F)F)cc1Cn1ccc(C(F)(F)F)c(Oc2cc(Cl)cc(C#N)c2)c1=O.N#Cc1cc(Cl)cc(Oc2c(C(F)(F)F)ccn(Cc3cc(C(F)F)n[nH]c3=O)c2=O)c1. The van der Waals surface area contributed by atoms with Crippen molar-refractivity contribution in [1.29, 1.82) is 10.5 Å². The van der Waals surface area contributed by atoms with Gasteiger partial charge in [0.05, 0.1) is 43.5 Å². The highest BCUT2D eigenvalue weighted by atomic mass is 35.5. The fraction of sp³-hybridized carbons (Fsp3) is 0.179. The summed E-state index contributed by atoms with van der Waals surface area (Å²) in [5, 5.41) is 29.8. The van der Waals surface area contributed by atoms with Crippen molar-refractivity contribution >= 4 is 23.2 Å². The summed E-state index contributed by atoms with van der Waals surface area (Å²) in [7, 11) is 1.19. The zero-order chi connectivity index (χ0) is 48.0. The van der Waals surface area contributed by atoms with Crippen LogP contribution in [0.1, 0.15) is 57.6 Å². The zero-order valence-corrected chi connectivity index (χ0v) is 33.6. The van der Waals surface area contributed by atoms with E-state index in [0.29, 0.717) is 16.7 Å². The molecule has 65 heavy (non-hydrogen) atoms. The number of nitriles is 2. The van der Waals surface area contributed by atoms with Crippen molar-refractivity contribution in [2.24, 2.45) is 0 Å². The molecule has 0 amide bonds. The summed E-state index contributed by atoms with van der Waals surface area (Å²) >= 11 is 11.7. The predicted molar refractivity (Wildman–Crippen MR) is 205 cm³/mol. The Morgan fingerprint density at radius 1 is 0.677 bits per heavy atom. The number of alkyl halides is 10. The van der Waals surface area contributed by atoms with Crippen LogP contribution in [0.4, 0.5) is 43.9 Å². The molecule has 2 aromatic carbocycles. The van der Waals surface area contributed by atoms with Gasteiger partial charge in [-0.1, -0.05) is 23.2 Å². The molecule has 0 aliphatic heterocycles. The lowest BCUT2D eigenvalue weighted by Crippen LogP contribution is -2.27. The number of ether oxygens (including phenoxy) is 3. The Morgan fingerprint density at radius 2 is 1.12 bits per heavy atom. The maximum absolute atomic E-state index is 13.5. The molecule has 338 valence electrons. The average molecular weight is 960 g/mol. The maximum atomic E-state index is 13.5. The third-order valence-corrected chi connectivity index (χ3v) is 8.80. The second kappa shape index (κ2) is 19.9. The smallest absolute Gasteiger partial charge is 0.420 e. The Balaban J connectivity index is 0.000000244. The minimum atomic E-state index is -4.98. The first-order chi connectivity index (χ1) is 30.5. The number of rotatable bonds is 11. The molecule has 0 aliphatic carbocycles. The highest BCUT2D eigenvalue weighted by Gasteiger charge is 2.38. The Kier molecular flexibility index (Phi) is 14.9. The monoisotopic (exact) mass is 958 g/mol. The summed E-state index contributed by atoms with van der Waals surface area (Å²) in [6.07, 6.45) is -14.4. The number of benzene rings is 2. The molecular formula is C39H22Cl2F10N8O6. The number of nitrogens with one attached hydrogen (secondary N) is 1. The lowest BCUT2D eigenvalue weighted by Gasteiger charge is -2.16. The van der Waals surface area contributed by atoms with E-state index in [1.54, 1.807) is 12.1 Å². The van der Waals surface area contributed by atoms with Gasteiger partial charge in [0.25, 0.3) is 29.5 Å². The molecule has 0 aliphatic rings. The summed E-state index contributed by atoms with van der Waals surface area (Å²) in [5.41, 5.74) is -8.10. The normalized spacial score (nSPS) is 11.4. The molecule has 0 radical (unpaired) electrons. The van der Waals surface area contributed by atoms with Crippen LogP contribution in [0.5, 0.6) is 28.9 Å². The summed E-state index contributed by atoms with van der Waals surface area (Å²) < 4.78 is 150. The van der Waals surface area contributed by atoms with Gasteiger partial charge in [0, 0.05) is 33.6 Å². The first kappa shape index (κ1) is 48.6. The van der Waals surface area contributed by atoms with Gasteiger partial charge in [-0.15, -0.1) is 10.2 Å². The summed E-state index contributed by atoms with van der Waals surface area (Å²) in [6, 6.07) is 13.2. The van der Waals surface area contributed by atoms with Gasteiger partial charge >= 0.3 is 12.4 Å². The van der Waals surface area contributed by atoms with Crippen LogP contribution < -0.4 is 30.9 Å². The molecule has 4 heterocycles. The van der Waals surface area contributed by atoms with E-state index in [0.717, 1.165) is 53.4 Å². The third kappa shape index (κ3) is 12.0. The van der Waals surface area contributed by atoms with Crippen molar-refractivity contribution in [3.63, 3.8) is 0 Å². The lowest BCUT2D eigenvalue weighted by atomic mass is 10.2. The Morgan fingerprint density at radius 3 is 1.54 bits per heavy atom. The van der Waals surface area contributed by atoms with Gasteiger partial charge < -0.3 is 23.3 Å². The first-order valence-corrected chi connectivity index (χ1v) is 18.2. The van der Waals surface area contributed by atoms with E-state index in [1.807, 2.05) is 5.10 Å². The Hall–Kier alpha value is -7.44. The van der Waals surface area contributed by atoms with E-state index >= 15 is 0 Å². The Labute approximate surface area is 366 Å². The van der Waals surface area contributed by atoms with Gasteiger partial charge in [0.1, 0.15) is 34.0 Å². The van der Waals surface area contributed by atoms with E-state index in [9.17, 15) is 58.3 Å². The quantitative estimate of drug-likeness (QED) is 0.122. The number of halogens is 12. The molecule has 0 fully saturated rings. The van der Waals surface area contributed by atoms with Crippen molar-refractivity contribution in [3.8, 4) is 41.0 Å². The van der Waals surface area contributed by atoms with Crippen molar-refractivity contribution in [2.75, 3.05) is 7.11 Å². The summed E-state index contributed by atoms with van der Waals surface area (Å²) in [4.78, 5) is 37.6. The van der Waals surface area contributed by atoms with Crippen LogP contribution in [-0.2, 0) is 25.4 Å². The largest absolute Gasteiger partial charge is 0.480 e. The molecule has 1 N–H and O–H groups in total. The Bertz CT molecular complexity index is 3020.